The second kappa shape index (κ2) is 4.02. The summed E-state index contributed by atoms with van der Waals surface area (Å²) >= 11 is 0. The largest absolute Gasteiger partial charge is 0.341 e. The van der Waals surface area contributed by atoms with Gasteiger partial charge in [-0.1, -0.05) is 0 Å². The van der Waals surface area contributed by atoms with Crippen LogP contribution in [0.4, 0.5) is 0 Å². The van der Waals surface area contributed by atoms with Crippen molar-refractivity contribution in [3.63, 3.8) is 0 Å². The average molecular weight is 168 g/mol. The zero-order valence-electron chi connectivity index (χ0n) is 7.12. The Bertz CT molecular complexity index is 221. The summed E-state index contributed by atoms with van der Waals surface area (Å²) < 4.78 is 0. The number of amides is 1. The fourth-order valence-corrected chi connectivity index (χ4v) is 1.35. The minimum Gasteiger partial charge on any atom is -0.341 e. The number of nitrogens with zero attached hydrogens (tertiary/aromatic N) is 2. The molecule has 0 N–H and O–H groups in total. The summed E-state index contributed by atoms with van der Waals surface area (Å²) in [6, 6.07) is -0.121. The van der Waals surface area contributed by atoms with Gasteiger partial charge in [0.1, 0.15) is 0 Å². The normalized spacial score (nSPS) is 19.1. The first-order valence-corrected chi connectivity index (χ1v) is 4.09. The minimum absolute atomic E-state index is 0.121. The Hall–Kier alpha value is -1.15. The predicted molar refractivity (Wildman–Crippen MR) is 43.4 cm³/mol. The molecule has 1 atom stereocenters. The summed E-state index contributed by atoms with van der Waals surface area (Å²) in [5.74, 6) is 0.169. The lowest BCUT2D eigenvalue weighted by Gasteiger charge is -2.16. The van der Waals surface area contributed by atoms with Crippen molar-refractivity contribution in [2.24, 2.45) is 4.99 Å². The van der Waals surface area contributed by atoms with Gasteiger partial charge < -0.3 is 4.90 Å². The highest BCUT2D eigenvalue weighted by atomic mass is 16.2. The van der Waals surface area contributed by atoms with E-state index in [0.717, 1.165) is 13.0 Å². The third-order valence-corrected chi connectivity index (χ3v) is 1.93. The second-order valence-electron chi connectivity index (χ2n) is 3.01. The molecular formula is C8H12N2O2. The third kappa shape index (κ3) is 2.17. The maximum absolute atomic E-state index is 11.1. The fourth-order valence-electron chi connectivity index (χ4n) is 1.35. The molecule has 1 rings (SSSR count). The first kappa shape index (κ1) is 8.94. The van der Waals surface area contributed by atoms with Crippen LogP contribution in [0.3, 0.4) is 0 Å². The van der Waals surface area contributed by atoms with Gasteiger partial charge in [-0.3, -0.25) is 4.79 Å². The SMILES string of the molecule is CC(CN1CCCC1=O)N=C=O. The number of rotatable bonds is 3. The molecule has 0 aromatic rings. The van der Waals surface area contributed by atoms with E-state index in [0.29, 0.717) is 13.0 Å². The highest BCUT2D eigenvalue weighted by molar-refractivity contribution is 5.78. The molecule has 12 heavy (non-hydrogen) atoms. The number of hydrogen-bond donors (Lipinski definition) is 0. The van der Waals surface area contributed by atoms with Crippen molar-refractivity contribution in [1.82, 2.24) is 4.90 Å². The monoisotopic (exact) mass is 168 g/mol. The third-order valence-electron chi connectivity index (χ3n) is 1.93. The van der Waals surface area contributed by atoms with Gasteiger partial charge in [0.25, 0.3) is 0 Å². The van der Waals surface area contributed by atoms with Crippen molar-refractivity contribution < 1.29 is 9.59 Å². The minimum atomic E-state index is -0.121. The molecule has 1 aliphatic rings. The van der Waals surface area contributed by atoms with Gasteiger partial charge >= 0.3 is 0 Å². The molecule has 4 heteroatoms. The van der Waals surface area contributed by atoms with Crippen LogP contribution in [-0.2, 0) is 9.59 Å². The Morgan fingerprint density at radius 2 is 2.50 bits per heavy atom. The number of carbonyl (C=O) groups is 1. The zero-order valence-corrected chi connectivity index (χ0v) is 7.12. The van der Waals surface area contributed by atoms with Gasteiger partial charge in [-0.05, 0) is 13.3 Å². The van der Waals surface area contributed by atoms with Crippen LogP contribution in [0.2, 0.25) is 0 Å². The van der Waals surface area contributed by atoms with Crippen molar-refractivity contribution in [2.75, 3.05) is 13.1 Å². The molecule has 1 saturated heterocycles. The number of aliphatic imine (C=N–C) groups is 1. The van der Waals surface area contributed by atoms with E-state index in [1.165, 1.54) is 6.08 Å². The van der Waals surface area contributed by atoms with E-state index in [2.05, 4.69) is 4.99 Å². The Kier molecular flexibility index (Phi) is 3.00. The lowest BCUT2D eigenvalue weighted by atomic mass is 10.3. The molecule has 0 aliphatic carbocycles. The zero-order chi connectivity index (χ0) is 8.97. The highest BCUT2D eigenvalue weighted by Gasteiger charge is 2.21. The number of carbonyl (C=O) groups excluding carboxylic acids is 2. The van der Waals surface area contributed by atoms with Crippen LogP contribution in [0.15, 0.2) is 4.99 Å². The first-order chi connectivity index (χ1) is 5.74. The lowest BCUT2D eigenvalue weighted by molar-refractivity contribution is -0.127. The van der Waals surface area contributed by atoms with Gasteiger partial charge in [-0.25, -0.2) is 9.79 Å². The maximum atomic E-state index is 11.1. The van der Waals surface area contributed by atoms with Crippen LogP contribution in [0.25, 0.3) is 0 Å². The molecule has 0 radical (unpaired) electrons. The summed E-state index contributed by atoms with van der Waals surface area (Å²) in [4.78, 5) is 26.2. The molecule has 1 heterocycles. The molecule has 1 aliphatic heterocycles. The van der Waals surface area contributed by atoms with Crippen LogP contribution in [0.5, 0.6) is 0 Å². The maximum Gasteiger partial charge on any atom is 0.235 e. The molecular weight excluding hydrogens is 156 g/mol. The number of likely N-dealkylation sites (tertiary alicyclic amines) is 1. The molecule has 0 aromatic carbocycles. The highest BCUT2D eigenvalue weighted by Crippen LogP contribution is 2.10. The molecule has 1 fully saturated rings. The van der Waals surface area contributed by atoms with Crippen LogP contribution in [0, 0.1) is 0 Å². The van der Waals surface area contributed by atoms with Crippen molar-refractivity contribution in [3.05, 3.63) is 0 Å². The van der Waals surface area contributed by atoms with E-state index < -0.39 is 0 Å². The van der Waals surface area contributed by atoms with Crippen LogP contribution in [-0.4, -0.2) is 36.0 Å². The predicted octanol–water partition coefficient (Wildman–Crippen LogP) is 0.333. The Labute approximate surface area is 71.3 Å². The molecule has 4 nitrogen and oxygen atoms in total. The summed E-state index contributed by atoms with van der Waals surface area (Å²) in [6.07, 6.45) is 3.06. The van der Waals surface area contributed by atoms with Crippen molar-refractivity contribution in [1.29, 1.82) is 0 Å². The van der Waals surface area contributed by atoms with Crippen LogP contribution >= 0.6 is 0 Å². The molecule has 66 valence electrons. The second-order valence-corrected chi connectivity index (χ2v) is 3.01. The quantitative estimate of drug-likeness (QED) is 0.450. The van der Waals surface area contributed by atoms with Gasteiger partial charge in [-0.15, -0.1) is 0 Å². The van der Waals surface area contributed by atoms with E-state index >= 15 is 0 Å². The van der Waals surface area contributed by atoms with E-state index in [4.69, 9.17) is 0 Å². The first-order valence-electron chi connectivity index (χ1n) is 4.09. The Balaban J connectivity index is 2.39. The van der Waals surface area contributed by atoms with Crippen molar-refractivity contribution >= 4 is 12.0 Å². The van der Waals surface area contributed by atoms with Crippen LogP contribution in [0.1, 0.15) is 19.8 Å². The van der Waals surface area contributed by atoms with E-state index in [9.17, 15) is 9.59 Å². The molecule has 1 unspecified atom stereocenters. The summed E-state index contributed by atoms with van der Waals surface area (Å²) in [5, 5.41) is 0. The Morgan fingerprint density at radius 1 is 1.75 bits per heavy atom. The standard InChI is InChI=1S/C8H12N2O2/c1-7(9-6-11)5-10-4-2-3-8(10)12/h7H,2-5H2,1H3. The Morgan fingerprint density at radius 3 is 3.00 bits per heavy atom. The van der Waals surface area contributed by atoms with Gasteiger partial charge in [0.05, 0.1) is 6.04 Å². The number of hydrogen-bond acceptors (Lipinski definition) is 3. The molecule has 0 spiro atoms. The molecule has 0 bridgehead atoms. The van der Waals surface area contributed by atoms with Gasteiger partial charge in [0, 0.05) is 19.5 Å². The summed E-state index contributed by atoms with van der Waals surface area (Å²) in [7, 11) is 0. The fraction of sp³-hybridized carbons (Fsp3) is 0.750. The van der Waals surface area contributed by atoms with Gasteiger partial charge in [-0.2, -0.15) is 0 Å². The van der Waals surface area contributed by atoms with E-state index in [1.54, 1.807) is 11.8 Å². The van der Waals surface area contributed by atoms with Crippen molar-refractivity contribution in [2.45, 2.75) is 25.8 Å². The van der Waals surface area contributed by atoms with Gasteiger partial charge in [0.2, 0.25) is 12.0 Å². The molecule has 1 amide bonds. The van der Waals surface area contributed by atoms with E-state index in [-0.39, 0.29) is 11.9 Å². The van der Waals surface area contributed by atoms with Crippen LogP contribution < -0.4 is 0 Å². The molecule has 0 aromatic heterocycles. The van der Waals surface area contributed by atoms with E-state index in [1.807, 2.05) is 0 Å². The van der Waals surface area contributed by atoms with Crippen molar-refractivity contribution in [3.8, 4) is 0 Å². The number of isocyanates is 1. The summed E-state index contributed by atoms with van der Waals surface area (Å²) in [5.41, 5.74) is 0. The van der Waals surface area contributed by atoms with Gasteiger partial charge in [0.15, 0.2) is 0 Å². The average Bonchev–Trinajstić information content (AvgIpc) is 2.37. The lowest BCUT2D eigenvalue weighted by Crippen LogP contribution is -2.31. The smallest absolute Gasteiger partial charge is 0.235 e. The summed E-state index contributed by atoms with van der Waals surface area (Å²) in [6.45, 7) is 3.15. The topological polar surface area (TPSA) is 49.7 Å². The molecule has 0 saturated carbocycles.